The minimum Gasteiger partial charge on any atom is -0.394 e. The third-order valence-corrected chi connectivity index (χ3v) is 17.5. The first kappa shape index (κ1) is 77.9. The highest BCUT2D eigenvalue weighted by Crippen LogP contribution is 2.26. The minimum absolute atomic E-state index is 0.253. The van der Waals surface area contributed by atoms with Crippen molar-refractivity contribution in [3.8, 4) is 0 Å². The first-order valence-corrected chi connectivity index (χ1v) is 36.4. The number of allylic oxidation sites excluding steroid dienone is 1. The molecule has 0 aliphatic carbocycles. The molecule has 482 valence electrons. The number of hydrogen-bond acceptors (Lipinski definition) is 10. The molecule has 12 nitrogen and oxygen atoms in total. The molecule has 1 fully saturated rings. The molecule has 7 unspecified atom stereocenters. The molecular formula is C68H133NO11S. The summed E-state index contributed by atoms with van der Waals surface area (Å²) in [6.07, 6.45) is 64.3. The zero-order chi connectivity index (χ0) is 59.0. The molecule has 0 saturated carbocycles. The molecule has 1 amide bonds. The summed E-state index contributed by atoms with van der Waals surface area (Å²) in [6.45, 7) is 3.47. The molecule has 0 bridgehead atoms. The van der Waals surface area contributed by atoms with Gasteiger partial charge in [0.1, 0.15) is 24.4 Å². The number of aliphatic hydroxyl groups is 4. The number of aliphatic hydroxyl groups excluding tert-OH is 4. The lowest BCUT2D eigenvalue weighted by molar-refractivity contribution is -0.298. The second kappa shape index (κ2) is 57.9. The predicted octanol–water partition coefficient (Wildman–Crippen LogP) is 18.1. The summed E-state index contributed by atoms with van der Waals surface area (Å²) in [7, 11) is -5.09. The third kappa shape index (κ3) is 49.6. The third-order valence-electron chi connectivity index (χ3n) is 17.1. The highest BCUT2D eigenvalue weighted by atomic mass is 32.3. The van der Waals surface area contributed by atoms with E-state index < -0.39 is 59.9 Å². The standard InChI is InChI=1S/C68H133NO11S/c1-3-5-7-9-11-13-15-17-19-21-23-25-27-29-30-31-32-33-34-36-38-40-42-44-46-48-50-52-54-56-58-64(72)69-61(60-78-68-66(74)67(80-81(75,76)77)65(73)63(59-70)79-68)62(71)57-55-53-51-49-47-45-43-41-39-37-35-28-26-24-22-20-18-16-14-12-10-8-6-4-2/h55,57,61-63,65-68,70-71,73-74H,3-54,56,58-60H2,1-2H3,(H,69,72)(H,75,76,77)/b57-55+. The summed E-state index contributed by atoms with van der Waals surface area (Å²) in [6, 6.07) is -0.942. The van der Waals surface area contributed by atoms with E-state index in [2.05, 4.69) is 23.3 Å². The quantitative estimate of drug-likeness (QED) is 0.0193. The summed E-state index contributed by atoms with van der Waals surface area (Å²) in [4.78, 5) is 13.2. The van der Waals surface area contributed by atoms with Crippen LogP contribution in [-0.2, 0) is 28.9 Å². The van der Waals surface area contributed by atoms with Crippen LogP contribution in [-0.4, -0.2) is 95.4 Å². The summed E-state index contributed by atoms with van der Waals surface area (Å²) in [5.41, 5.74) is 0. The SMILES string of the molecule is CCCCCCCCCCCCCCCCCCCCCCCC/C=C/C(O)C(COC1OC(CO)C(O)C(OS(=O)(=O)O)C1O)NC(=O)CCCCCCCCCCCCCCCCCCCCCCCCCCCCCCCC. The molecule has 81 heavy (non-hydrogen) atoms. The Morgan fingerprint density at radius 3 is 1.07 bits per heavy atom. The van der Waals surface area contributed by atoms with Crippen molar-refractivity contribution in [2.24, 2.45) is 0 Å². The normalized spacial score (nSPS) is 18.5. The second-order valence-corrected chi connectivity index (χ2v) is 25.9. The van der Waals surface area contributed by atoms with E-state index in [-0.39, 0.29) is 18.9 Å². The molecule has 0 radical (unpaired) electrons. The van der Waals surface area contributed by atoms with Crippen LogP contribution < -0.4 is 5.32 Å². The fraction of sp³-hybridized carbons (Fsp3) is 0.956. The Morgan fingerprint density at radius 1 is 0.481 bits per heavy atom. The van der Waals surface area contributed by atoms with Gasteiger partial charge in [-0.25, -0.2) is 4.18 Å². The van der Waals surface area contributed by atoms with Crippen molar-refractivity contribution in [3.05, 3.63) is 12.2 Å². The Hall–Kier alpha value is -1.16. The number of ether oxygens (including phenoxy) is 2. The first-order chi connectivity index (χ1) is 39.5. The molecule has 0 spiro atoms. The van der Waals surface area contributed by atoms with Crippen molar-refractivity contribution < 1.29 is 51.8 Å². The van der Waals surface area contributed by atoms with Crippen LogP contribution in [0.1, 0.15) is 361 Å². The maximum absolute atomic E-state index is 13.2. The van der Waals surface area contributed by atoms with E-state index in [1.807, 2.05) is 6.08 Å². The van der Waals surface area contributed by atoms with Gasteiger partial charge in [0.2, 0.25) is 5.91 Å². The van der Waals surface area contributed by atoms with Gasteiger partial charge in [0, 0.05) is 6.42 Å². The molecule has 6 N–H and O–H groups in total. The lowest BCUT2D eigenvalue weighted by Crippen LogP contribution is -2.61. The number of rotatable bonds is 63. The van der Waals surface area contributed by atoms with Crippen LogP contribution in [0, 0.1) is 0 Å². The average molecular weight is 1170 g/mol. The maximum atomic E-state index is 13.2. The van der Waals surface area contributed by atoms with Crippen molar-refractivity contribution in [1.82, 2.24) is 5.32 Å². The van der Waals surface area contributed by atoms with E-state index in [4.69, 9.17) is 9.47 Å². The van der Waals surface area contributed by atoms with Crippen LogP contribution in [0.15, 0.2) is 12.2 Å². The van der Waals surface area contributed by atoms with Gasteiger partial charge in [0.15, 0.2) is 6.29 Å². The molecule has 1 aliphatic rings. The second-order valence-electron chi connectivity index (χ2n) is 24.8. The summed E-state index contributed by atoms with van der Waals surface area (Å²) >= 11 is 0. The number of hydrogen-bond donors (Lipinski definition) is 6. The van der Waals surface area contributed by atoms with Gasteiger partial charge in [0.05, 0.1) is 25.4 Å². The minimum atomic E-state index is -5.09. The number of carbonyl (C=O) groups is 1. The van der Waals surface area contributed by atoms with E-state index in [1.54, 1.807) is 6.08 Å². The molecule has 1 aliphatic heterocycles. The van der Waals surface area contributed by atoms with E-state index in [9.17, 15) is 38.2 Å². The molecule has 1 rings (SSSR count). The Labute approximate surface area is 500 Å². The fourth-order valence-electron chi connectivity index (χ4n) is 11.7. The monoisotopic (exact) mass is 1170 g/mol. The predicted molar refractivity (Wildman–Crippen MR) is 338 cm³/mol. The molecule has 0 aromatic carbocycles. The van der Waals surface area contributed by atoms with E-state index >= 15 is 0 Å². The highest BCUT2D eigenvalue weighted by molar-refractivity contribution is 7.80. The maximum Gasteiger partial charge on any atom is 0.397 e. The summed E-state index contributed by atoms with van der Waals surface area (Å²) in [5, 5.41) is 45.2. The van der Waals surface area contributed by atoms with Gasteiger partial charge in [-0.1, -0.05) is 347 Å². The molecule has 0 aromatic rings. The average Bonchev–Trinajstić information content (AvgIpc) is 3.48. The summed E-state index contributed by atoms with van der Waals surface area (Å²) < 4.78 is 48.0. The molecule has 13 heteroatoms. The highest BCUT2D eigenvalue weighted by Gasteiger charge is 2.48. The zero-order valence-corrected chi connectivity index (χ0v) is 53.7. The lowest BCUT2D eigenvalue weighted by Gasteiger charge is -2.41. The van der Waals surface area contributed by atoms with Crippen molar-refractivity contribution in [3.63, 3.8) is 0 Å². The van der Waals surface area contributed by atoms with Crippen LogP contribution in [0.25, 0.3) is 0 Å². The van der Waals surface area contributed by atoms with Crippen molar-refractivity contribution in [1.29, 1.82) is 0 Å². The lowest BCUT2D eigenvalue weighted by atomic mass is 9.99. The Bertz CT molecular complexity index is 1470. The number of unbranched alkanes of at least 4 members (excludes halogenated alkanes) is 51. The van der Waals surface area contributed by atoms with Gasteiger partial charge in [-0.05, 0) is 19.3 Å². The van der Waals surface area contributed by atoms with E-state index in [0.29, 0.717) is 6.42 Å². The smallest absolute Gasteiger partial charge is 0.394 e. The van der Waals surface area contributed by atoms with E-state index in [1.165, 1.54) is 295 Å². The van der Waals surface area contributed by atoms with Gasteiger partial charge in [0.25, 0.3) is 0 Å². The van der Waals surface area contributed by atoms with Crippen LogP contribution in [0.4, 0.5) is 0 Å². The van der Waals surface area contributed by atoms with Gasteiger partial charge in [-0.15, -0.1) is 0 Å². The van der Waals surface area contributed by atoms with Crippen LogP contribution >= 0.6 is 0 Å². The topological polar surface area (TPSA) is 192 Å². The van der Waals surface area contributed by atoms with Crippen molar-refractivity contribution >= 4 is 16.3 Å². The number of amides is 1. The van der Waals surface area contributed by atoms with Gasteiger partial charge >= 0.3 is 10.4 Å². The first-order valence-electron chi connectivity index (χ1n) is 35.1. The number of nitrogens with one attached hydrogen (secondary N) is 1. The largest absolute Gasteiger partial charge is 0.397 e. The van der Waals surface area contributed by atoms with Crippen molar-refractivity contribution in [2.75, 3.05) is 13.2 Å². The van der Waals surface area contributed by atoms with Crippen LogP contribution in [0.3, 0.4) is 0 Å². The molecule has 0 aromatic heterocycles. The molecule has 1 saturated heterocycles. The van der Waals surface area contributed by atoms with Gasteiger partial charge in [-0.3, -0.25) is 9.35 Å². The fourth-order valence-corrected chi connectivity index (χ4v) is 12.2. The molecule has 7 atom stereocenters. The van der Waals surface area contributed by atoms with E-state index in [0.717, 1.165) is 38.5 Å². The van der Waals surface area contributed by atoms with Gasteiger partial charge in [-0.2, -0.15) is 8.42 Å². The number of carbonyl (C=O) groups excluding carboxylic acids is 1. The Balaban J connectivity index is 2.24. The van der Waals surface area contributed by atoms with Crippen LogP contribution in [0.5, 0.6) is 0 Å². The Kier molecular flexibility index (Phi) is 55.6. The molecule has 1 heterocycles. The summed E-state index contributed by atoms with van der Waals surface area (Å²) in [5.74, 6) is -0.253. The van der Waals surface area contributed by atoms with Gasteiger partial charge < -0.3 is 35.2 Å². The van der Waals surface area contributed by atoms with Crippen molar-refractivity contribution in [2.45, 2.75) is 403 Å². The van der Waals surface area contributed by atoms with Crippen LogP contribution in [0.2, 0.25) is 0 Å². The molecular weight excluding hydrogens is 1040 g/mol. The zero-order valence-electron chi connectivity index (χ0n) is 52.9. The Morgan fingerprint density at radius 2 is 0.778 bits per heavy atom.